The van der Waals surface area contributed by atoms with Crippen LogP contribution in [0.5, 0.6) is 11.5 Å². The summed E-state index contributed by atoms with van der Waals surface area (Å²) in [5, 5.41) is 0. The van der Waals surface area contributed by atoms with Crippen molar-refractivity contribution < 1.29 is 14.3 Å². The van der Waals surface area contributed by atoms with Crippen LogP contribution in [0.4, 0.5) is 0 Å². The summed E-state index contributed by atoms with van der Waals surface area (Å²) in [5.74, 6) is 1.30. The van der Waals surface area contributed by atoms with Gasteiger partial charge in [-0.15, -0.1) is 0 Å². The van der Waals surface area contributed by atoms with Crippen LogP contribution in [0.3, 0.4) is 0 Å². The third-order valence-electron chi connectivity index (χ3n) is 4.79. The van der Waals surface area contributed by atoms with Crippen molar-refractivity contribution in [3.63, 3.8) is 0 Å². The van der Waals surface area contributed by atoms with E-state index in [4.69, 9.17) is 9.47 Å². The normalized spacial score (nSPS) is 21.5. The lowest BCUT2D eigenvalue weighted by Gasteiger charge is -2.44. The van der Waals surface area contributed by atoms with Crippen LogP contribution in [0, 0.1) is 0 Å². The molecule has 0 N–H and O–H groups in total. The molecular formula is C19H31N3O3. The number of likely N-dealkylation sites (N-methyl/N-ethyl adjacent to an activating group) is 1. The van der Waals surface area contributed by atoms with Gasteiger partial charge in [0.2, 0.25) is 0 Å². The molecule has 1 aliphatic heterocycles. The summed E-state index contributed by atoms with van der Waals surface area (Å²) in [6.45, 7) is 7.89. The number of carbonyl (C=O) groups is 1. The largest absolute Gasteiger partial charge is 0.497 e. The van der Waals surface area contributed by atoms with Crippen LogP contribution in [0.15, 0.2) is 18.2 Å². The molecule has 1 aromatic rings. The Bertz CT molecular complexity index is 557. The van der Waals surface area contributed by atoms with Crippen LogP contribution in [-0.4, -0.2) is 87.2 Å². The lowest BCUT2D eigenvalue weighted by molar-refractivity contribution is 0.0282. The van der Waals surface area contributed by atoms with Gasteiger partial charge in [0.15, 0.2) is 0 Å². The Hall–Kier alpha value is -1.79. The van der Waals surface area contributed by atoms with Crippen LogP contribution >= 0.6 is 0 Å². The summed E-state index contributed by atoms with van der Waals surface area (Å²) < 4.78 is 10.6. The fourth-order valence-corrected chi connectivity index (χ4v) is 3.39. The van der Waals surface area contributed by atoms with Crippen molar-refractivity contribution in [2.24, 2.45) is 0 Å². The van der Waals surface area contributed by atoms with Gasteiger partial charge in [-0.3, -0.25) is 9.69 Å². The van der Waals surface area contributed by atoms with Gasteiger partial charge in [-0.2, -0.15) is 0 Å². The maximum absolute atomic E-state index is 13.0. The number of amides is 1. The SMILES string of the molecule is COc1cc(OC)cc(C(=O)N2CC(C)N(CCN(C)C)C(C)C2)c1. The van der Waals surface area contributed by atoms with Gasteiger partial charge in [0.05, 0.1) is 14.2 Å². The highest BCUT2D eigenvalue weighted by molar-refractivity contribution is 5.95. The first-order chi connectivity index (χ1) is 11.8. The van der Waals surface area contributed by atoms with E-state index < -0.39 is 0 Å². The Kier molecular flexibility index (Phi) is 6.67. The molecule has 0 radical (unpaired) electrons. The van der Waals surface area contributed by atoms with Gasteiger partial charge in [0, 0.05) is 49.9 Å². The van der Waals surface area contributed by atoms with Crippen LogP contribution in [0.25, 0.3) is 0 Å². The van der Waals surface area contributed by atoms with E-state index in [0.29, 0.717) is 29.1 Å². The molecule has 1 aliphatic rings. The van der Waals surface area contributed by atoms with Gasteiger partial charge >= 0.3 is 0 Å². The molecule has 0 aliphatic carbocycles. The molecule has 0 saturated carbocycles. The minimum Gasteiger partial charge on any atom is -0.497 e. The van der Waals surface area contributed by atoms with E-state index in [0.717, 1.165) is 26.2 Å². The smallest absolute Gasteiger partial charge is 0.254 e. The van der Waals surface area contributed by atoms with Crippen LogP contribution in [0.1, 0.15) is 24.2 Å². The monoisotopic (exact) mass is 349 g/mol. The highest BCUT2D eigenvalue weighted by Crippen LogP contribution is 2.25. The molecule has 6 heteroatoms. The number of hydrogen-bond donors (Lipinski definition) is 0. The Labute approximate surface area is 151 Å². The number of piperazine rings is 1. The first-order valence-corrected chi connectivity index (χ1v) is 8.78. The lowest BCUT2D eigenvalue weighted by Crippen LogP contribution is -2.59. The summed E-state index contributed by atoms with van der Waals surface area (Å²) in [4.78, 5) is 19.6. The van der Waals surface area contributed by atoms with E-state index in [1.54, 1.807) is 32.4 Å². The van der Waals surface area contributed by atoms with Gasteiger partial charge in [0.1, 0.15) is 11.5 Å². The first kappa shape index (κ1) is 19.5. The number of nitrogens with zero attached hydrogens (tertiary/aromatic N) is 3. The number of carbonyl (C=O) groups excluding carboxylic acids is 1. The van der Waals surface area contributed by atoms with Gasteiger partial charge in [-0.25, -0.2) is 0 Å². The standard InChI is InChI=1S/C19H31N3O3/c1-14-12-21(13-15(2)22(14)8-7-20(3)4)19(23)16-9-17(24-5)11-18(10-16)25-6/h9-11,14-15H,7-8,12-13H2,1-6H3. The summed E-state index contributed by atoms with van der Waals surface area (Å²) in [7, 11) is 7.37. The molecule has 2 atom stereocenters. The topological polar surface area (TPSA) is 45.3 Å². The predicted octanol–water partition coefficient (Wildman–Crippen LogP) is 1.80. The van der Waals surface area contributed by atoms with E-state index in [2.05, 4.69) is 37.7 Å². The average molecular weight is 349 g/mol. The highest BCUT2D eigenvalue weighted by atomic mass is 16.5. The third kappa shape index (κ3) is 4.86. The minimum atomic E-state index is 0.0307. The van der Waals surface area contributed by atoms with Crippen LogP contribution in [-0.2, 0) is 0 Å². The molecule has 1 heterocycles. The molecule has 2 unspecified atom stereocenters. The fraction of sp³-hybridized carbons (Fsp3) is 0.632. The van der Waals surface area contributed by atoms with E-state index in [-0.39, 0.29) is 5.91 Å². The minimum absolute atomic E-state index is 0.0307. The van der Waals surface area contributed by atoms with Crippen molar-refractivity contribution in [1.82, 2.24) is 14.7 Å². The van der Waals surface area contributed by atoms with Crippen molar-refractivity contribution >= 4 is 5.91 Å². The van der Waals surface area contributed by atoms with Crippen LogP contribution < -0.4 is 9.47 Å². The van der Waals surface area contributed by atoms with Crippen molar-refractivity contribution in [1.29, 1.82) is 0 Å². The number of rotatable bonds is 6. The molecule has 25 heavy (non-hydrogen) atoms. The molecule has 1 saturated heterocycles. The second-order valence-electron chi connectivity index (χ2n) is 7.05. The number of benzene rings is 1. The highest BCUT2D eigenvalue weighted by Gasteiger charge is 2.32. The zero-order valence-corrected chi connectivity index (χ0v) is 16.3. The molecule has 140 valence electrons. The van der Waals surface area contributed by atoms with E-state index in [1.165, 1.54) is 0 Å². The molecular weight excluding hydrogens is 318 g/mol. The van der Waals surface area contributed by atoms with E-state index in [1.807, 2.05) is 4.90 Å². The zero-order chi connectivity index (χ0) is 18.6. The summed E-state index contributed by atoms with van der Waals surface area (Å²) in [6.07, 6.45) is 0. The number of methoxy groups -OCH3 is 2. The van der Waals surface area contributed by atoms with E-state index in [9.17, 15) is 4.79 Å². The van der Waals surface area contributed by atoms with Gasteiger partial charge in [-0.1, -0.05) is 0 Å². The molecule has 6 nitrogen and oxygen atoms in total. The quantitative estimate of drug-likeness (QED) is 0.784. The second-order valence-corrected chi connectivity index (χ2v) is 7.05. The molecule has 0 aromatic heterocycles. The lowest BCUT2D eigenvalue weighted by atomic mass is 10.1. The van der Waals surface area contributed by atoms with Crippen molar-refractivity contribution in [2.45, 2.75) is 25.9 Å². The molecule has 2 rings (SSSR count). The van der Waals surface area contributed by atoms with Gasteiger partial charge < -0.3 is 19.3 Å². The van der Waals surface area contributed by atoms with Crippen LogP contribution in [0.2, 0.25) is 0 Å². The molecule has 1 amide bonds. The molecule has 1 aromatic carbocycles. The van der Waals surface area contributed by atoms with Crippen molar-refractivity contribution in [3.8, 4) is 11.5 Å². The second kappa shape index (κ2) is 8.54. The van der Waals surface area contributed by atoms with Gasteiger partial charge in [0.25, 0.3) is 5.91 Å². The molecule has 0 spiro atoms. The van der Waals surface area contributed by atoms with Crippen molar-refractivity contribution in [3.05, 3.63) is 23.8 Å². The molecule has 0 bridgehead atoms. The predicted molar refractivity (Wildman–Crippen MR) is 99.6 cm³/mol. The number of ether oxygens (including phenoxy) is 2. The molecule has 1 fully saturated rings. The Morgan fingerprint density at radius 1 is 1.08 bits per heavy atom. The summed E-state index contributed by atoms with van der Waals surface area (Å²) >= 11 is 0. The van der Waals surface area contributed by atoms with Crippen molar-refractivity contribution in [2.75, 3.05) is 54.5 Å². The summed E-state index contributed by atoms with van der Waals surface area (Å²) in [5.41, 5.74) is 0.609. The third-order valence-corrected chi connectivity index (χ3v) is 4.79. The average Bonchev–Trinajstić information content (AvgIpc) is 2.59. The van der Waals surface area contributed by atoms with E-state index >= 15 is 0 Å². The van der Waals surface area contributed by atoms with Gasteiger partial charge in [-0.05, 0) is 40.1 Å². The first-order valence-electron chi connectivity index (χ1n) is 8.78. The Morgan fingerprint density at radius 2 is 1.60 bits per heavy atom. The number of hydrogen-bond acceptors (Lipinski definition) is 5. The maximum atomic E-state index is 13.0. The summed E-state index contributed by atoms with van der Waals surface area (Å²) in [6, 6.07) is 6.00. The zero-order valence-electron chi connectivity index (χ0n) is 16.3. The fourth-order valence-electron chi connectivity index (χ4n) is 3.39. The Balaban J connectivity index is 2.11. The Morgan fingerprint density at radius 3 is 2.04 bits per heavy atom. The maximum Gasteiger partial charge on any atom is 0.254 e.